The van der Waals surface area contributed by atoms with Gasteiger partial charge in [0.05, 0.1) is 6.10 Å². The molecule has 0 bridgehead atoms. The molecule has 1 aliphatic rings. The van der Waals surface area contributed by atoms with E-state index in [0.717, 1.165) is 55.3 Å². The SMILES string of the molecule is CCCc1nc(NCC)c(C)c(NC2CC(OC)C2)n1. The van der Waals surface area contributed by atoms with E-state index in [0.29, 0.717) is 12.1 Å². The number of nitrogens with one attached hydrogen (secondary N) is 2. The van der Waals surface area contributed by atoms with Crippen molar-refractivity contribution >= 4 is 11.6 Å². The highest BCUT2D eigenvalue weighted by Gasteiger charge is 2.29. The maximum Gasteiger partial charge on any atom is 0.134 e. The highest BCUT2D eigenvalue weighted by Crippen LogP contribution is 2.28. The zero-order valence-corrected chi connectivity index (χ0v) is 13.0. The summed E-state index contributed by atoms with van der Waals surface area (Å²) in [6.45, 7) is 7.18. The van der Waals surface area contributed by atoms with E-state index in [4.69, 9.17) is 4.74 Å². The van der Waals surface area contributed by atoms with Crippen molar-refractivity contribution in [2.75, 3.05) is 24.3 Å². The Morgan fingerprint density at radius 1 is 1.20 bits per heavy atom. The highest BCUT2D eigenvalue weighted by molar-refractivity contribution is 5.57. The lowest BCUT2D eigenvalue weighted by Crippen LogP contribution is -2.40. The van der Waals surface area contributed by atoms with Gasteiger partial charge in [0.25, 0.3) is 0 Å². The van der Waals surface area contributed by atoms with Gasteiger partial charge in [0, 0.05) is 31.7 Å². The molecule has 2 N–H and O–H groups in total. The van der Waals surface area contributed by atoms with Gasteiger partial charge in [-0.1, -0.05) is 6.92 Å². The number of aromatic nitrogens is 2. The van der Waals surface area contributed by atoms with Crippen LogP contribution in [0, 0.1) is 6.92 Å². The molecule has 1 heterocycles. The molecule has 0 radical (unpaired) electrons. The number of anilines is 2. The van der Waals surface area contributed by atoms with E-state index in [9.17, 15) is 0 Å². The molecule has 1 aromatic rings. The summed E-state index contributed by atoms with van der Waals surface area (Å²) in [5, 5.41) is 6.87. The molecule has 5 heteroatoms. The Hall–Kier alpha value is -1.36. The summed E-state index contributed by atoms with van der Waals surface area (Å²) in [6, 6.07) is 0.470. The third kappa shape index (κ3) is 3.39. The maximum atomic E-state index is 5.32. The van der Waals surface area contributed by atoms with Gasteiger partial charge in [-0.25, -0.2) is 9.97 Å². The van der Waals surface area contributed by atoms with Crippen LogP contribution >= 0.6 is 0 Å². The first kappa shape index (κ1) is 15.0. The Balaban J connectivity index is 2.13. The second-order valence-electron chi connectivity index (χ2n) is 5.41. The number of ether oxygens (including phenoxy) is 1. The number of rotatable bonds is 7. The van der Waals surface area contributed by atoms with Gasteiger partial charge in [-0.3, -0.25) is 0 Å². The van der Waals surface area contributed by atoms with Crippen LogP contribution in [0.25, 0.3) is 0 Å². The normalized spacial score (nSPS) is 21.4. The first-order valence-electron chi connectivity index (χ1n) is 7.58. The third-order valence-corrected chi connectivity index (χ3v) is 3.78. The van der Waals surface area contributed by atoms with Gasteiger partial charge in [-0.05, 0) is 33.1 Å². The lowest BCUT2D eigenvalue weighted by Gasteiger charge is -2.35. The molecule has 2 rings (SSSR count). The van der Waals surface area contributed by atoms with Gasteiger partial charge >= 0.3 is 0 Å². The second kappa shape index (κ2) is 6.88. The van der Waals surface area contributed by atoms with Gasteiger partial charge in [0.15, 0.2) is 0 Å². The van der Waals surface area contributed by atoms with Crippen molar-refractivity contribution in [1.82, 2.24) is 9.97 Å². The van der Waals surface area contributed by atoms with Crippen LogP contribution in [-0.2, 0) is 11.2 Å². The van der Waals surface area contributed by atoms with Gasteiger partial charge in [0.1, 0.15) is 17.5 Å². The van der Waals surface area contributed by atoms with Crippen molar-refractivity contribution in [3.63, 3.8) is 0 Å². The zero-order valence-electron chi connectivity index (χ0n) is 13.0. The molecular formula is C15H26N4O. The van der Waals surface area contributed by atoms with Gasteiger partial charge in [0.2, 0.25) is 0 Å². The first-order chi connectivity index (χ1) is 9.67. The minimum atomic E-state index is 0.401. The van der Waals surface area contributed by atoms with Gasteiger partial charge in [-0.2, -0.15) is 0 Å². The van der Waals surface area contributed by atoms with Crippen LogP contribution in [0.4, 0.5) is 11.6 Å². The summed E-state index contributed by atoms with van der Waals surface area (Å²) >= 11 is 0. The van der Waals surface area contributed by atoms with Crippen LogP contribution in [0.1, 0.15) is 44.5 Å². The second-order valence-corrected chi connectivity index (χ2v) is 5.41. The van der Waals surface area contributed by atoms with Crippen LogP contribution in [-0.4, -0.2) is 35.8 Å². The summed E-state index contributed by atoms with van der Waals surface area (Å²) in [7, 11) is 1.78. The molecule has 1 saturated carbocycles. The van der Waals surface area contributed by atoms with Gasteiger partial charge in [-0.15, -0.1) is 0 Å². The summed E-state index contributed by atoms with van der Waals surface area (Å²) in [5.74, 6) is 2.84. The highest BCUT2D eigenvalue weighted by atomic mass is 16.5. The number of aryl methyl sites for hydroxylation is 1. The fourth-order valence-electron chi connectivity index (χ4n) is 2.45. The fourth-order valence-corrected chi connectivity index (χ4v) is 2.45. The maximum absolute atomic E-state index is 5.32. The van der Waals surface area contributed by atoms with Crippen molar-refractivity contribution in [2.24, 2.45) is 0 Å². The number of hydrogen-bond acceptors (Lipinski definition) is 5. The topological polar surface area (TPSA) is 59.1 Å². The predicted octanol–water partition coefficient (Wildman–Crippen LogP) is 2.76. The van der Waals surface area contributed by atoms with Crippen LogP contribution in [0.3, 0.4) is 0 Å². The van der Waals surface area contributed by atoms with E-state index in [-0.39, 0.29) is 0 Å². The van der Waals surface area contributed by atoms with E-state index in [1.54, 1.807) is 7.11 Å². The monoisotopic (exact) mass is 278 g/mol. The van der Waals surface area contributed by atoms with E-state index in [1.807, 2.05) is 0 Å². The Kier molecular flexibility index (Phi) is 5.17. The minimum absolute atomic E-state index is 0.401. The number of nitrogens with zero attached hydrogens (tertiary/aromatic N) is 2. The molecule has 112 valence electrons. The van der Waals surface area contributed by atoms with Crippen LogP contribution < -0.4 is 10.6 Å². The molecule has 0 spiro atoms. The Bertz CT molecular complexity index is 444. The van der Waals surface area contributed by atoms with Gasteiger partial charge < -0.3 is 15.4 Å². The van der Waals surface area contributed by atoms with Crippen molar-refractivity contribution in [3.8, 4) is 0 Å². The third-order valence-electron chi connectivity index (χ3n) is 3.78. The lowest BCUT2D eigenvalue weighted by molar-refractivity contribution is 0.0327. The van der Waals surface area contributed by atoms with Crippen LogP contribution in [0.2, 0.25) is 0 Å². The first-order valence-corrected chi connectivity index (χ1v) is 7.58. The van der Waals surface area contributed by atoms with Crippen molar-refractivity contribution in [3.05, 3.63) is 11.4 Å². The predicted molar refractivity (Wildman–Crippen MR) is 82.4 cm³/mol. The van der Waals surface area contributed by atoms with Crippen molar-refractivity contribution < 1.29 is 4.74 Å². The summed E-state index contributed by atoms with van der Waals surface area (Å²) in [4.78, 5) is 9.28. The molecule has 0 amide bonds. The molecule has 1 aromatic heterocycles. The minimum Gasteiger partial charge on any atom is -0.381 e. The Labute approximate surface area is 121 Å². The van der Waals surface area contributed by atoms with Crippen LogP contribution in [0.15, 0.2) is 0 Å². The van der Waals surface area contributed by atoms with E-state index >= 15 is 0 Å². The molecule has 1 aliphatic carbocycles. The Morgan fingerprint density at radius 3 is 2.50 bits per heavy atom. The summed E-state index contributed by atoms with van der Waals surface area (Å²) in [5.41, 5.74) is 1.10. The number of methoxy groups -OCH3 is 1. The molecule has 0 aromatic carbocycles. The van der Waals surface area contributed by atoms with E-state index < -0.39 is 0 Å². The molecule has 0 unspecified atom stereocenters. The standard InChI is InChI=1S/C15H26N4O/c1-5-7-13-18-14(16-6-2)10(3)15(19-13)17-11-8-12(9-11)20-4/h11-12H,5-9H2,1-4H3,(H2,16,17,18,19). The van der Waals surface area contributed by atoms with E-state index in [2.05, 4.69) is 41.4 Å². The number of hydrogen-bond donors (Lipinski definition) is 2. The fraction of sp³-hybridized carbons (Fsp3) is 0.733. The molecule has 0 aliphatic heterocycles. The molecule has 1 fully saturated rings. The quantitative estimate of drug-likeness (QED) is 0.803. The molecular weight excluding hydrogens is 252 g/mol. The lowest BCUT2D eigenvalue weighted by atomic mass is 9.89. The van der Waals surface area contributed by atoms with Crippen molar-refractivity contribution in [1.29, 1.82) is 0 Å². The molecule has 5 nitrogen and oxygen atoms in total. The molecule has 0 atom stereocenters. The smallest absolute Gasteiger partial charge is 0.134 e. The molecule has 20 heavy (non-hydrogen) atoms. The average molecular weight is 278 g/mol. The summed E-state index contributed by atoms with van der Waals surface area (Å²) in [6.07, 6.45) is 4.49. The largest absolute Gasteiger partial charge is 0.381 e. The average Bonchev–Trinajstić information content (AvgIpc) is 2.38. The molecule has 0 saturated heterocycles. The van der Waals surface area contributed by atoms with E-state index in [1.165, 1.54) is 0 Å². The van der Waals surface area contributed by atoms with Crippen LogP contribution in [0.5, 0.6) is 0 Å². The summed E-state index contributed by atoms with van der Waals surface area (Å²) < 4.78 is 5.32. The zero-order chi connectivity index (χ0) is 14.5. The Morgan fingerprint density at radius 2 is 1.90 bits per heavy atom. The van der Waals surface area contributed by atoms with Crippen molar-refractivity contribution in [2.45, 2.75) is 58.6 Å².